The Bertz CT molecular complexity index is 753. The lowest BCUT2D eigenvalue weighted by Gasteiger charge is -2.10. The third kappa shape index (κ3) is 3.68. The molecule has 0 spiro atoms. The summed E-state index contributed by atoms with van der Waals surface area (Å²) >= 11 is 0. The highest BCUT2D eigenvalue weighted by Gasteiger charge is 2.28. The molecule has 1 saturated heterocycles. The van der Waals surface area contributed by atoms with Crippen LogP contribution in [0.5, 0.6) is 0 Å². The highest BCUT2D eigenvalue weighted by atomic mass is 16.5. The zero-order chi connectivity index (χ0) is 16.9. The fraction of sp³-hybridized carbons (Fsp3) is 0.211. The smallest absolute Gasteiger partial charge is 0.329 e. The lowest BCUT2D eigenvalue weighted by Crippen LogP contribution is -2.35. The number of hydrogen-bond acceptors (Lipinski definition) is 4. The van der Waals surface area contributed by atoms with E-state index >= 15 is 0 Å². The Morgan fingerprint density at radius 2 is 1.67 bits per heavy atom. The zero-order valence-electron chi connectivity index (χ0n) is 13.0. The molecule has 0 bridgehead atoms. The number of ketones is 1. The van der Waals surface area contributed by atoms with Gasteiger partial charge >= 0.3 is 5.97 Å². The predicted octanol–water partition coefficient (Wildman–Crippen LogP) is 2.36. The first-order valence-electron chi connectivity index (χ1n) is 7.78. The average Bonchev–Trinajstić information content (AvgIpc) is 3.07. The summed E-state index contributed by atoms with van der Waals surface area (Å²) in [5.74, 6) is -0.998. The molecule has 0 aliphatic carbocycles. The van der Waals surface area contributed by atoms with Crippen LogP contribution in [0.2, 0.25) is 0 Å². The summed E-state index contributed by atoms with van der Waals surface area (Å²) in [6.45, 7) is -0.324. The van der Waals surface area contributed by atoms with Crippen LogP contribution in [0, 0.1) is 0 Å². The van der Waals surface area contributed by atoms with E-state index < -0.39 is 12.0 Å². The summed E-state index contributed by atoms with van der Waals surface area (Å²) in [7, 11) is 0. The van der Waals surface area contributed by atoms with Crippen LogP contribution in [0.1, 0.15) is 23.2 Å². The largest absolute Gasteiger partial charge is 0.456 e. The number of hydrogen-bond donors (Lipinski definition) is 1. The Morgan fingerprint density at radius 1 is 1.00 bits per heavy atom. The fourth-order valence-corrected chi connectivity index (χ4v) is 2.59. The van der Waals surface area contributed by atoms with Gasteiger partial charge in [-0.15, -0.1) is 0 Å². The summed E-state index contributed by atoms with van der Waals surface area (Å²) in [5.41, 5.74) is 2.57. The Balaban J connectivity index is 1.57. The van der Waals surface area contributed by atoms with E-state index in [1.165, 1.54) is 0 Å². The third-order valence-corrected chi connectivity index (χ3v) is 3.94. The molecule has 122 valence electrons. The van der Waals surface area contributed by atoms with E-state index in [4.69, 9.17) is 4.74 Å². The second kappa shape index (κ2) is 7.08. The number of amides is 1. The van der Waals surface area contributed by atoms with Crippen molar-refractivity contribution in [1.29, 1.82) is 0 Å². The summed E-state index contributed by atoms with van der Waals surface area (Å²) in [6.07, 6.45) is 0.728. The third-order valence-electron chi connectivity index (χ3n) is 3.94. The molecule has 24 heavy (non-hydrogen) atoms. The molecule has 1 aliphatic heterocycles. The van der Waals surface area contributed by atoms with Crippen molar-refractivity contribution < 1.29 is 19.1 Å². The van der Waals surface area contributed by atoms with Crippen molar-refractivity contribution in [2.24, 2.45) is 0 Å². The molecule has 2 aromatic carbocycles. The van der Waals surface area contributed by atoms with Gasteiger partial charge in [0.15, 0.2) is 12.4 Å². The Hall–Kier alpha value is -2.95. The first-order valence-corrected chi connectivity index (χ1v) is 7.78. The molecule has 1 unspecified atom stereocenters. The van der Waals surface area contributed by atoms with E-state index in [9.17, 15) is 14.4 Å². The topological polar surface area (TPSA) is 72.5 Å². The number of nitrogens with one attached hydrogen (secondary N) is 1. The quantitative estimate of drug-likeness (QED) is 0.677. The van der Waals surface area contributed by atoms with Crippen LogP contribution in [0.25, 0.3) is 11.1 Å². The maximum absolute atomic E-state index is 12.1. The second-order valence-electron chi connectivity index (χ2n) is 5.63. The van der Waals surface area contributed by atoms with E-state index in [1.54, 1.807) is 12.1 Å². The normalized spacial score (nSPS) is 16.5. The molecule has 1 amide bonds. The van der Waals surface area contributed by atoms with E-state index in [0.717, 1.165) is 11.1 Å². The summed E-state index contributed by atoms with van der Waals surface area (Å²) in [5, 5.41) is 2.52. The first-order chi connectivity index (χ1) is 11.6. The van der Waals surface area contributed by atoms with Gasteiger partial charge in [0.2, 0.25) is 5.91 Å². The van der Waals surface area contributed by atoms with Gasteiger partial charge < -0.3 is 10.1 Å². The molecule has 0 radical (unpaired) electrons. The Labute approximate surface area is 139 Å². The highest BCUT2D eigenvalue weighted by molar-refractivity contribution is 5.98. The molecule has 2 aromatic rings. The van der Waals surface area contributed by atoms with Gasteiger partial charge in [-0.3, -0.25) is 9.59 Å². The van der Waals surface area contributed by atoms with Crippen molar-refractivity contribution in [2.75, 3.05) is 6.61 Å². The standard InChI is InChI=1S/C19H17NO4/c21-17(12-24-19(23)16-10-11-18(22)20-16)15-8-6-14(7-9-15)13-4-2-1-3-5-13/h1-9,16H,10-12H2,(H,20,22). The van der Waals surface area contributed by atoms with Crippen LogP contribution >= 0.6 is 0 Å². The maximum Gasteiger partial charge on any atom is 0.329 e. The number of Topliss-reactive ketones (excluding diaryl/α,β-unsaturated/α-hetero) is 1. The van der Waals surface area contributed by atoms with E-state index in [1.807, 2.05) is 42.5 Å². The van der Waals surface area contributed by atoms with Gasteiger partial charge in [-0.2, -0.15) is 0 Å². The minimum Gasteiger partial charge on any atom is -0.456 e. The predicted molar refractivity (Wildman–Crippen MR) is 88.3 cm³/mol. The Kier molecular flexibility index (Phi) is 4.70. The number of carbonyl (C=O) groups excluding carboxylic acids is 3. The van der Waals surface area contributed by atoms with Crippen LogP contribution in [0.3, 0.4) is 0 Å². The lowest BCUT2D eigenvalue weighted by molar-refractivity contribution is -0.145. The van der Waals surface area contributed by atoms with Crippen LogP contribution < -0.4 is 5.32 Å². The molecule has 5 heteroatoms. The van der Waals surface area contributed by atoms with Gasteiger partial charge in [0, 0.05) is 12.0 Å². The molecule has 1 fully saturated rings. The van der Waals surface area contributed by atoms with Crippen molar-refractivity contribution in [3.05, 3.63) is 60.2 Å². The molecule has 1 aliphatic rings. The summed E-state index contributed by atoms with van der Waals surface area (Å²) in [4.78, 5) is 35.0. The number of rotatable bonds is 5. The first kappa shape index (κ1) is 15.9. The van der Waals surface area contributed by atoms with Crippen molar-refractivity contribution >= 4 is 17.7 Å². The molecule has 1 heterocycles. The monoisotopic (exact) mass is 323 g/mol. The van der Waals surface area contributed by atoms with Crippen molar-refractivity contribution in [1.82, 2.24) is 5.32 Å². The maximum atomic E-state index is 12.1. The zero-order valence-corrected chi connectivity index (χ0v) is 13.0. The fourth-order valence-electron chi connectivity index (χ4n) is 2.59. The van der Waals surface area contributed by atoms with E-state index in [2.05, 4.69) is 5.32 Å². The van der Waals surface area contributed by atoms with Crippen LogP contribution in [0.15, 0.2) is 54.6 Å². The number of carbonyl (C=O) groups is 3. The van der Waals surface area contributed by atoms with E-state index in [-0.39, 0.29) is 18.3 Å². The van der Waals surface area contributed by atoms with Gasteiger partial charge in [-0.05, 0) is 17.5 Å². The Morgan fingerprint density at radius 3 is 2.29 bits per heavy atom. The van der Waals surface area contributed by atoms with Crippen LogP contribution in [-0.4, -0.2) is 30.3 Å². The average molecular weight is 323 g/mol. The minimum absolute atomic E-state index is 0.167. The molecular weight excluding hydrogens is 306 g/mol. The highest BCUT2D eigenvalue weighted by Crippen LogP contribution is 2.19. The van der Waals surface area contributed by atoms with Gasteiger partial charge in [-0.1, -0.05) is 54.6 Å². The van der Waals surface area contributed by atoms with Crippen molar-refractivity contribution in [2.45, 2.75) is 18.9 Å². The SMILES string of the molecule is O=C1CCC(C(=O)OCC(=O)c2ccc(-c3ccccc3)cc2)N1. The van der Waals surface area contributed by atoms with Gasteiger partial charge in [0.25, 0.3) is 0 Å². The van der Waals surface area contributed by atoms with Crippen molar-refractivity contribution in [3.63, 3.8) is 0 Å². The van der Waals surface area contributed by atoms with Crippen LogP contribution in [0.4, 0.5) is 0 Å². The summed E-state index contributed by atoms with van der Waals surface area (Å²) < 4.78 is 5.00. The van der Waals surface area contributed by atoms with Gasteiger partial charge in [0.05, 0.1) is 0 Å². The van der Waals surface area contributed by atoms with Crippen LogP contribution in [-0.2, 0) is 14.3 Å². The molecule has 0 aromatic heterocycles. The minimum atomic E-state index is -0.634. The number of benzene rings is 2. The molecule has 1 atom stereocenters. The molecule has 0 saturated carbocycles. The van der Waals surface area contributed by atoms with Gasteiger partial charge in [0.1, 0.15) is 6.04 Å². The van der Waals surface area contributed by atoms with Gasteiger partial charge in [-0.25, -0.2) is 4.79 Å². The lowest BCUT2D eigenvalue weighted by atomic mass is 10.0. The molecular formula is C19H17NO4. The molecule has 5 nitrogen and oxygen atoms in total. The van der Waals surface area contributed by atoms with Crippen molar-refractivity contribution in [3.8, 4) is 11.1 Å². The summed E-state index contributed by atoms with van der Waals surface area (Å²) in [6, 6.07) is 16.4. The number of ether oxygens (including phenoxy) is 1. The molecule has 1 N–H and O–H groups in total. The van der Waals surface area contributed by atoms with E-state index in [0.29, 0.717) is 18.4 Å². The second-order valence-corrected chi connectivity index (χ2v) is 5.63. The molecule has 3 rings (SSSR count). The number of esters is 1.